The number of halogens is 5. The van der Waals surface area contributed by atoms with Gasteiger partial charge >= 0.3 is 6.36 Å². The highest BCUT2D eigenvalue weighted by atomic mass is 19.4. The van der Waals surface area contributed by atoms with Gasteiger partial charge in [-0.3, -0.25) is 9.69 Å². The van der Waals surface area contributed by atoms with Gasteiger partial charge in [0.15, 0.2) is 11.6 Å². The summed E-state index contributed by atoms with van der Waals surface area (Å²) >= 11 is 0. The normalized spacial score (nSPS) is 16.9. The van der Waals surface area contributed by atoms with Gasteiger partial charge in [-0.05, 0) is 60.5 Å². The number of carbonyl (C=O) groups is 1. The van der Waals surface area contributed by atoms with E-state index < -0.39 is 35.7 Å². The predicted molar refractivity (Wildman–Crippen MR) is 116 cm³/mol. The number of anilines is 1. The van der Waals surface area contributed by atoms with Crippen molar-refractivity contribution in [1.29, 1.82) is 0 Å². The molecule has 0 bridgehead atoms. The van der Waals surface area contributed by atoms with E-state index in [1.807, 2.05) is 37.3 Å². The van der Waals surface area contributed by atoms with Gasteiger partial charge in [0.25, 0.3) is 5.91 Å². The van der Waals surface area contributed by atoms with Gasteiger partial charge < -0.3 is 10.1 Å². The van der Waals surface area contributed by atoms with Crippen molar-refractivity contribution in [2.75, 3.05) is 4.90 Å². The Balaban J connectivity index is 1.67. The van der Waals surface area contributed by atoms with Gasteiger partial charge in [-0.25, -0.2) is 8.78 Å². The Labute approximate surface area is 192 Å². The van der Waals surface area contributed by atoms with E-state index in [0.29, 0.717) is 5.56 Å². The molecule has 0 spiro atoms. The summed E-state index contributed by atoms with van der Waals surface area (Å²) in [6.07, 6.45) is -3.28. The Kier molecular flexibility index (Phi) is 6.28. The van der Waals surface area contributed by atoms with Crippen LogP contribution in [-0.4, -0.2) is 12.3 Å². The molecule has 4 rings (SSSR count). The smallest absolute Gasteiger partial charge is 0.406 e. The quantitative estimate of drug-likeness (QED) is 0.434. The molecule has 0 aliphatic carbocycles. The molecular weight excluding hydrogens is 455 g/mol. The molecule has 176 valence electrons. The van der Waals surface area contributed by atoms with E-state index in [1.165, 1.54) is 23.1 Å². The molecule has 1 heterocycles. The Morgan fingerprint density at radius 3 is 2.24 bits per heavy atom. The number of rotatable bonds is 6. The third-order valence-electron chi connectivity index (χ3n) is 5.36. The van der Waals surface area contributed by atoms with Crippen molar-refractivity contribution >= 4 is 11.6 Å². The number of benzene rings is 3. The first-order chi connectivity index (χ1) is 16.1. The summed E-state index contributed by atoms with van der Waals surface area (Å²) in [6.45, 7) is 1.86. The fourth-order valence-electron chi connectivity index (χ4n) is 3.76. The molecule has 1 N–H and O–H groups in total. The predicted octanol–water partition coefficient (Wildman–Crippen LogP) is 6.19. The number of amides is 1. The largest absolute Gasteiger partial charge is 0.573 e. The SMILES string of the molecule is C[C@@H](NC1=CC(c2ccc(F)c(F)c2)N(c2ccc(OC(F)(F)F)cc2)C1=O)c1ccccc1. The summed E-state index contributed by atoms with van der Waals surface area (Å²) in [5, 5.41) is 3.14. The third kappa shape index (κ3) is 5.03. The van der Waals surface area contributed by atoms with Gasteiger partial charge in [-0.1, -0.05) is 36.4 Å². The van der Waals surface area contributed by atoms with Crippen LogP contribution in [0.25, 0.3) is 0 Å². The molecule has 0 saturated heterocycles. The summed E-state index contributed by atoms with van der Waals surface area (Å²) < 4.78 is 68.9. The van der Waals surface area contributed by atoms with Gasteiger partial charge in [-0.15, -0.1) is 13.2 Å². The second kappa shape index (κ2) is 9.17. The van der Waals surface area contributed by atoms with Crippen molar-refractivity contribution in [1.82, 2.24) is 5.32 Å². The average Bonchev–Trinajstić information content (AvgIpc) is 3.11. The van der Waals surface area contributed by atoms with E-state index in [0.717, 1.165) is 29.8 Å². The standard InChI is InChI=1S/C25H19F5N2O2/c1-15(16-5-3-2-4-6-16)31-22-14-23(17-7-12-20(26)21(27)13-17)32(24(22)33)18-8-10-19(11-9-18)34-25(28,29)30/h2-15,23,31H,1H3/t15-,23?/m1/s1. The van der Waals surface area contributed by atoms with E-state index in [1.54, 1.807) is 6.08 Å². The van der Waals surface area contributed by atoms with Gasteiger partial charge in [0.2, 0.25) is 0 Å². The van der Waals surface area contributed by atoms with Crippen LogP contribution in [0.15, 0.2) is 84.6 Å². The molecule has 3 aromatic rings. The fraction of sp³-hybridized carbons (Fsp3) is 0.160. The maximum Gasteiger partial charge on any atom is 0.573 e. The van der Waals surface area contributed by atoms with Crippen molar-refractivity contribution in [3.8, 4) is 5.75 Å². The lowest BCUT2D eigenvalue weighted by Gasteiger charge is -2.26. The maximum atomic E-state index is 14.0. The molecule has 1 aliphatic heterocycles. The minimum absolute atomic E-state index is 0.224. The summed E-state index contributed by atoms with van der Waals surface area (Å²) in [6, 6.07) is 16.3. The molecule has 0 radical (unpaired) electrons. The number of alkyl halides is 3. The molecule has 0 fully saturated rings. The Morgan fingerprint density at radius 1 is 0.941 bits per heavy atom. The van der Waals surface area contributed by atoms with Crippen molar-refractivity contribution in [3.05, 3.63) is 107 Å². The number of carbonyl (C=O) groups excluding carboxylic acids is 1. The monoisotopic (exact) mass is 474 g/mol. The van der Waals surface area contributed by atoms with Crippen LogP contribution in [0.1, 0.15) is 30.1 Å². The van der Waals surface area contributed by atoms with E-state index in [2.05, 4.69) is 10.1 Å². The number of nitrogens with zero attached hydrogens (tertiary/aromatic N) is 1. The van der Waals surface area contributed by atoms with Crippen LogP contribution in [0.4, 0.5) is 27.6 Å². The van der Waals surface area contributed by atoms with E-state index in [4.69, 9.17) is 0 Å². The molecule has 1 aliphatic rings. The molecule has 1 unspecified atom stereocenters. The van der Waals surface area contributed by atoms with Crippen molar-refractivity contribution in [2.45, 2.75) is 25.4 Å². The first-order valence-corrected chi connectivity index (χ1v) is 10.3. The van der Waals surface area contributed by atoms with Gasteiger partial charge in [0, 0.05) is 11.7 Å². The molecule has 0 saturated carbocycles. The molecule has 2 atom stereocenters. The van der Waals surface area contributed by atoms with E-state index in [-0.39, 0.29) is 17.4 Å². The van der Waals surface area contributed by atoms with Crippen molar-refractivity contribution in [2.24, 2.45) is 0 Å². The second-order valence-electron chi connectivity index (χ2n) is 7.69. The first-order valence-electron chi connectivity index (χ1n) is 10.3. The fourth-order valence-corrected chi connectivity index (χ4v) is 3.76. The minimum Gasteiger partial charge on any atom is -0.406 e. The molecule has 34 heavy (non-hydrogen) atoms. The van der Waals surface area contributed by atoms with Gasteiger partial charge in [0.1, 0.15) is 5.75 Å². The Bertz CT molecular complexity index is 1210. The molecular formula is C25H19F5N2O2. The first kappa shape index (κ1) is 23.3. The lowest BCUT2D eigenvalue weighted by atomic mass is 10.1. The topological polar surface area (TPSA) is 41.6 Å². The van der Waals surface area contributed by atoms with Gasteiger partial charge in [0.05, 0.1) is 11.7 Å². The summed E-state index contributed by atoms with van der Waals surface area (Å²) in [7, 11) is 0. The van der Waals surface area contributed by atoms with Crippen LogP contribution in [0.3, 0.4) is 0 Å². The zero-order valence-electron chi connectivity index (χ0n) is 17.8. The lowest BCUT2D eigenvalue weighted by molar-refractivity contribution is -0.274. The molecule has 0 aromatic heterocycles. The van der Waals surface area contributed by atoms with Crippen molar-refractivity contribution in [3.63, 3.8) is 0 Å². The summed E-state index contributed by atoms with van der Waals surface area (Å²) in [5.74, 6) is -3.03. The van der Waals surface area contributed by atoms with E-state index >= 15 is 0 Å². The summed E-state index contributed by atoms with van der Waals surface area (Å²) in [5.41, 5.74) is 1.70. The van der Waals surface area contributed by atoms with E-state index in [9.17, 15) is 26.7 Å². The van der Waals surface area contributed by atoms with Crippen LogP contribution in [0.5, 0.6) is 5.75 Å². The lowest BCUT2D eigenvalue weighted by Crippen LogP contribution is -2.33. The van der Waals surface area contributed by atoms with Crippen molar-refractivity contribution < 1.29 is 31.5 Å². The minimum atomic E-state index is -4.86. The molecule has 4 nitrogen and oxygen atoms in total. The number of ether oxygens (including phenoxy) is 1. The van der Waals surface area contributed by atoms with Gasteiger partial charge in [-0.2, -0.15) is 0 Å². The third-order valence-corrected chi connectivity index (χ3v) is 5.36. The highest BCUT2D eigenvalue weighted by Crippen LogP contribution is 2.37. The van der Waals surface area contributed by atoms with Crippen LogP contribution in [-0.2, 0) is 4.79 Å². The highest BCUT2D eigenvalue weighted by Gasteiger charge is 2.36. The summed E-state index contributed by atoms with van der Waals surface area (Å²) in [4.78, 5) is 14.6. The van der Waals surface area contributed by atoms with Crippen LogP contribution >= 0.6 is 0 Å². The Hall–Kier alpha value is -3.88. The second-order valence-corrected chi connectivity index (χ2v) is 7.69. The number of hydrogen-bond donors (Lipinski definition) is 1. The molecule has 9 heteroatoms. The molecule has 3 aromatic carbocycles. The molecule has 1 amide bonds. The maximum absolute atomic E-state index is 14.0. The zero-order chi connectivity index (χ0) is 24.5. The van der Waals surface area contributed by atoms with Crippen LogP contribution < -0.4 is 15.0 Å². The number of nitrogens with one attached hydrogen (secondary N) is 1. The average molecular weight is 474 g/mol. The zero-order valence-corrected chi connectivity index (χ0v) is 17.8. The van der Waals surface area contributed by atoms with Crippen LogP contribution in [0, 0.1) is 11.6 Å². The van der Waals surface area contributed by atoms with Crippen LogP contribution in [0.2, 0.25) is 0 Å². The number of hydrogen-bond acceptors (Lipinski definition) is 3. The highest BCUT2D eigenvalue weighted by molar-refractivity contribution is 6.08. The Morgan fingerprint density at radius 2 is 1.62 bits per heavy atom.